The SMILES string of the molecule is C=C(C)CCN1CCC(CC)(C(=O)O)C1. The van der Waals surface area contributed by atoms with Crippen molar-refractivity contribution in [1.29, 1.82) is 0 Å². The minimum atomic E-state index is -0.636. The number of hydrogen-bond donors (Lipinski definition) is 1. The molecule has 1 heterocycles. The van der Waals surface area contributed by atoms with Crippen LogP contribution in [0.2, 0.25) is 0 Å². The van der Waals surface area contributed by atoms with Gasteiger partial charge in [0.25, 0.3) is 0 Å². The zero-order chi connectivity index (χ0) is 11.5. The number of rotatable bonds is 5. The van der Waals surface area contributed by atoms with E-state index in [9.17, 15) is 9.90 Å². The third kappa shape index (κ3) is 2.81. The van der Waals surface area contributed by atoms with E-state index < -0.39 is 11.4 Å². The Morgan fingerprint density at radius 2 is 2.27 bits per heavy atom. The van der Waals surface area contributed by atoms with Gasteiger partial charge in [0.1, 0.15) is 0 Å². The molecule has 1 unspecified atom stereocenters. The van der Waals surface area contributed by atoms with E-state index in [1.54, 1.807) is 0 Å². The maximum Gasteiger partial charge on any atom is 0.310 e. The van der Waals surface area contributed by atoms with Crippen LogP contribution in [0.15, 0.2) is 12.2 Å². The maximum atomic E-state index is 11.2. The number of carboxylic acids is 1. The highest BCUT2D eigenvalue weighted by molar-refractivity contribution is 5.75. The van der Waals surface area contributed by atoms with Crippen LogP contribution in [0, 0.1) is 5.41 Å². The van der Waals surface area contributed by atoms with Crippen LogP contribution in [0.4, 0.5) is 0 Å². The Morgan fingerprint density at radius 1 is 1.60 bits per heavy atom. The monoisotopic (exact) mass is 211 g/mol. The Kier molecular flexibility index (Phi) is 3.91. The van der Waals surface area contributed by atoms with Gasteiger partial charge in [0.2, 0.25) is 0 Å². The van der Waals surface area contributed by atoms with Gasteiger partial charge < -0.3 is 10.0 Å². The van der Waals surface area contributed by atoms with Gasteiger partial charge in [-0.1, -0.05) is 12.5 Å². The summed E-state index contributed by atoms with van der Waals surface area (Å²) in [5, 5.41) is 9.21. The Bertz CT molecular complexity index is 262. The first-order valence-electron chi connectivity index (χ1n) is 5.60. The molecule has 86 valence electrons. The first-order chi connectivity index (χ1) is 7.00. The van der Waals surface area contributed by atoms with Gasteiger partial charge in [0.05, 0.1) is 5.41 Å². The van der Waals surface area contributed by atoms with Crippen molar-refractivity contribution in [3.8, 4) is 0 Å². The molecule has 0 saturated carbocycles. The van der Waals surface area contributed by atoms with Crippen molar-refractivity contribution < 1.29 is 9.90 Å². The molecule has 15 heavy (non-hydrogen) atoms. The normalized spacial score (nSPS) is 26.8. The molecule has 1 saturated heterocycles. The fourth-order valence-electron chi connectivity index (χ4n) is 2.11. The van der Waals surface area contributed by atoms with Crippen LogP contribution in [0.3, 0.4) is 0 Å². The van der Waals surface area contributed by atoms with Crippen LogP contribution < -0.4 is 0 Å². The molecular weight excluding hydrogens is 190 g/mol. The summed E-state index contributed by atoms with van der Waals surface area (Å²) < 4.78 is 0. The van der Waals surface area contributed by atoms with E-state index >= 15 is 0 Å². The second-order valence-electron chi connectivity index (χ2n) is 4.67. The number of carboxylic acid groups (broad SMARTS) is 1. The highest BCUT2D eigenvalue weighted by atomic mass is 16.4. The Morgan fingerprint density at radius 3 is 2.67 bits per heavy atom. The lowest BCUT2D eigenvalue weighted by atomic mass is 9.84. The lowest BCUT2D eigenvalue weighted by Gasteiger charge is -2.23. The highest BCUT2D eigenvalue weighted by Gasteiger charge is 2.42. The summed E-state index contributed by atoms with van der Waals surface area (Å²) in [6.07, 6.45) is 2.49. The molecule has 1 N–H and O–H groups in total. The Hall–Kier alpha value is -0.830. The number of carbonyl (C=O) groups is 1. The second-order valence-corrected chi connectivity index (χ2v) is 4.67. The molecule has 1 atom stereocenters. The molecule has 0 spiro atoms. The van der Waals surface area contributed by atoms with Gasteiger partial charge in [-0.25, -0.2) is 0 Å². The predicted molar refractivity (Wildman–Crippen MR) is 60.8 cm³/mol. The lowest BCUT2D eigenvalue weighted by molar-refractivity contribution is -0.148. The zero-order valence-corrected chi connectivity index (χ0v) is 9.75. The molecule has 3 heteroatoms. The molecular formula is C12H21NO2. The van der Waals surface area contributed by atoms with Crippen molar-refractivity contribution in [1.82, 2.24) is 4.90 Å². The molecule has 0 aromatic heterocycles. The van der Waals surface area contributed by atoms with Crippen LogP contribution in [0.5, 0.6) is 0 Å². The predicted octanol–water partition coefficient (Wildman–Crippen LogP) is 2.14. The molecule has 1 fully saturated rings. The van der Waals surface area contributed by atoms with E-state index in [1.807, 2.05) is 13.8 Å². The Labute approximate surface area is 91.8 Å². The van der Waals surface area contributed by atoms with E-state index in [1.165, 1.54) is 5.57 Å². The number of aliphatic carboxylic acids is 1. The van der Waals surface area contributed by atoms with E-state index in [4.69, 9.17) is 0 Å². The topological polar surface area (TPSA) is 40.5 Å². The minimum absolute atomic E-state index is 0.491. The van der Waals surface area contributed by atoms with Crippen molar-refractivity contribution in [2.75, 3.05) is 19.6 Å². The van der Waals surface area contributed by atoms with Crippen LogP contribution in [-0.4, -0.2) is 35.6 Å². The van der Waals surface area contributed by atoms with E-state index in [2.05, 4.69) is 11.5 Å². The third-order valence-electron chi connectivity index (χ3n) is 3.42. The smallest absolute Gasteiger partial charge is 0.310 e. The maximum absolute atomic E-state index is 11.2. The quantitative estimate of drug-likeness (QED) is 0.708. The molecule has 0 aromatic carbocycles. The number of hydrogen-bond acceptors (Lipinski definition) is 2. The number of likely N-dealkylation sites (tertiary alicyclic amines) is 1. The third-order valence-corrected chi connectivity index (χ3v) is 3.42. The molecule has 0 radical (unpaired) electrons. The van der Waals surface area contributed by atoms with E-state index in [0.717, 1.165) is 32.4 Å². The molecule has 0 amide bonds. The summed E-state index contributed by atoms with van der Waals surface area (Å²) in [6.45, 7) is 10.4. The van der Waals surface area contributed by atoms with Crippen molar-refractivity contribution in [2.45, 2.75) is 33.1 Å². The molecule has 3 nitrogen and oxygen atoms in total. The fraction of sp³-hybridized carbons (Fsp3) is 0.750. The first-order valence-corrected chi connectivity index (χ1v) is 5.60. The fourth-order valence-corrected chi connectivity index (χ4v) is 2.11. The summed E-state index contributed by atoms with van der Waals surface area (Å²) in [4.78, 5) is 13.4. The second kappa shape index (κ2) is 4.79. The van der Waals surface area contributed by atoms with E-state index in [0.29, 0.717) is 6.54 Å². The van der Waals surface area contributed by atoms with Crippen LogP contribution in [0.25, 0.3) is 0 Å². The van der Waals surface area contributed by atoms with Gasteiger partial charge in [0.15, 0.2) is 0 Å². The van der Waals surface area contributed by atoms with E-state index in [-0.39, 0.29) is 0 Å². The van der Waals surface area contributed by atoms with Gasteiger partial charge in [-0.05, 0) is 32.7 Å². The average Bonchev–Trinajstić information content (AvgIpc) is 2.59. The highest BCUT2D eigenvalue weighted by Crippen LogP contribution is 2.34. The molecule has 0 aromatic rings. The molecule has 0 bridgehead atoms. The minimum Gasteiger partial charge on any atom is -0.481 e. The van der Waals surface area contributed by atoms with Crippen LogP contribution >= 0.6 is 0 Å². The summed E-state index contributed by atoms with van der Waals surface area (Å²) in [5.41, 5.74) is 0.675. The van der Waals surface area contributed by atoms with Crippen molar-refractivity contribution in [2.24, 2.45) is 5.41 Å². The molecule has 1 aliphatic heterocycles. The van der Waals surface area contributed by atoms with Gasteiger partial charge in [-0.3, -0.25) is 4.79 Å². The standard InChI is InChI=1S/C12H21NO2/c1-4-12(11(14)15)6-8-13(9-12)7-5-10(2)3/h2,4-9H2,1,3H3,(H,14,15). The van der Waals surface area contributed by atoms with Gasteiger partial charge in [-0.15, -0.1) is 6.58 Å². The van der Waals surface area contributed by atoms with Crippen LogP contribution in [-0.2, 0) is 4.79 Å². The van der Waals surface area contributed by atoms with Crippen molar-refractivity contribution in [3.05, 3.63) is 12.2 Å². The van der Waals surface area contributed by atoms with Crippen molar-refractivity contribution >= 4 is 5.97 Å². The molecule has 1 aliphatic rings. The summed E-state index contributed by atoms with van der Waals surface area (Å²) in [6, 6.07) is 0. The Balaban J connectivity index is 2.50. The number of nitrogens with zero attached hydrogens (tertiary/aromatic N) is 1. The van der Waals surface area contributed by atoms with Gasteiger partial charge in [-0.2, -0.15) is 0 Å². The van der Waals surface area contributed by atoms with Gasteiger partial charge in [0, 0.05) is 13.1 Å². The zero-order valence-electron chi connectivity index (χ0n) is 9.75. The van der Waals surface area contributed by atoms with Gasteiger partial charge >= 0.3 is 5.97 Å². The lowest BCUT2D eigenvalue weighted by Crippen LogP contribution is -2.34. The molecule has 0 aliphatic carbocycles. The average molecular weight is 211 g/mol. The summed E-state index contributed by atoms with van der Waals surface area (Å²) >= 11 is 0. The largest absolute Gasteiger partial charge is 0.481 e. The first kappa shape index (κ1) is 12.2. The van der Waals surface area contributed by atoms with Crippen molar-refractivity contribution in [3.63, 3.8) is 0 Å². The molecule has 1 rings (SSSR count). The summed E-state index contributed by atoms with van der Waals surface area (Å²) in [7, 11) is 0. The van der Waals surface area contributed by atoms with Crippen LogP contribution in [0.1, 0.15) is 33.1 Å². The summed E-state index contributed by atoms with van der Waals surface area (Å²) in [5.74, 6) is -0.636.